The summed E-state index contributed by atoms with van der Waals surface area (Å²) in [6, 6.07) is 0. The van der Waals surface area contributed by atoms with Crippen molar-refractivity contribution < 1.29 is 5.11 Å². The maximum absolute atomic E-state index is 10.2. The first-order valence-corrected chi connectivity index (χ1v) is 12.3. The van der Waals surface area contributed by atoms with Gasteiger partial charge in [-0.05, 0) is 85.4 Å². The first-order chi connectivity index (χ1) is 13.3. The van der Waals surface area contributed by atoms with Crippen molar-refractivity contribution in [3.05, 3.63) is 23.3 Å². The van der Waals surface area contributed by atoms with Crippen molar-refractivity contribution in [1.82, 2.24) is 0 Å². The van der Waals surface area contributed by atoms with E-state index in [1.165, 1.54) is 51.4 Å². The molecule has 3 fully saturated rings. The van der Waals surface area contributed by atoms with Crippen LogP contribution in [0.25, 0.3) is 0 Å². The summed E-state index contributed by atoms with van der Waals surface area (Å²) in [6.45, 7) is 12.5. The van der Waals surface area contributed by atoms with Crippen LogP contribution in [-0.4, -0.2) is 11.2 Å². The lowest BCUT2D eigenvalue weighted by molar-refractivity contribution is 0.0323. The van der Waals surface area contributed by atoms with Crippen molar-refractivity contribution in [3.63, 3.8) is 0 Å². The van der Waals surface area contributed by atoms with Gasteiger partial charge in [-0.2, -0.15) is 0 Å². The maximum Gasteiger partial charge on any atom is 0.0578 e. The fourth-order valence-corrected chi connectivity index (χ4v) is 8.01. The van der Waals surface area contributed by atoms with Gasteiger partial charge in [-0.3, -0.25) is 0 Å². The molecule has 4 aliphatic rings. The fourth-order valence-electron chi connectivity index (χ4n) is 8.01. The Morgan fingerprint density at radius 3 is 2.50 bits per heavy atom. The molecule has 7 atom stereocenters. The largest absolute Gasteiger partial charge is 0.393 e. The van der Waals surface area contributed by atoms with Crippen LogP contribution in [0.5, 0.6) is 0 Å². The molecule has 1 N–H and O–H groups in total. The lowest BCUT2D eigenvalue weighted by atomic mass is 9.50. The van der Waals surface area contributed by atoms with E-state index < -0.39 is 0 Å². The molecule has 4 rings (SSSR count). The molecule has 3 saturated carbocycles. The number of hydrogen-bond acceptors (Lipinski definition) is 1. The van der Waals surface area contributed by atoms with Gasteiger partial charge in [0.05, 0.1) is 6.10 Å². The standard InChI is InChI=1S/C27H44O/c1-18(2)7-6-8-19(3)23-11-12-24-22-10-9-20-17-21(28)13-15-26(20,4)25(22)14-16-27(23,24)5/h9-10,18-19,21,23-25,28H,6-8,11-17H2,1-5H3/t19-,21+,23-,24+,25+,26-,27-/m1/s1. The second kappa shape index (κ2) is 7.60. The van der Waals surface area contributed by atoms with E-state index in [1.54, 1.807) is 11.1 Å². The average molecular weight is 385 g/mol. The zero-order valence-corrected chi connectivity index (χ0v) is 19.1. The van der Waals surface area contributed by atoms with Crippen molar-refractivity contribution in [2.45, 2.75) is 105 Å². The van der Waals surface area contributed by atoms with E-state index >= 15 is 0 Å². The Bertz CT molecular complexity index is 643. The van der Waals surface area contributed by atoms with Crippen molar-refractivity contribution in [1.29, 1.82) is 0 Å². The Labute approximate surface area is 174 Å². The summed E-state index contributed by atoms with van der Waals surface area (Å²) in [7, 11) is 0. The van der Waals surface area contributed by atoms with E-state index in [9.17, 15) is 5.11 Å². The summed E-state index contributed by atoms with van der Waals surface area (Å²) in [6.07, 6.45) is 17.8. The van der Waals surface area contributed by atoms with Gasteiger partial charge in [0.25, 0.3) is 0 Å². The van der Waals surface area contributed by atoms with Gasteiger partial charge in [-0.15, -0.1) is 0 Å². The molecule has 0 aliphatic heterocycles. The van der Waals surface area contributed by atoms with Gasteiger partial charge in [-0.25, -0.2) is 0 Å². The molecule has 0 aromatic carbocycles. The monoisotopic (exact) mass is 384 g/mol. The predicted molar refractivity (Wildman–Crippen MR) is 119 cm³/mol. The molecule has 1 nitrogen and oxygen atoms in total. The molecule has 0 aromatic rings. The number of fused-ring (bicyclic) bond motifs is 5. The first kappa shape index (κ1) is 20.7. The van der Waals surface area contributed by atoms with Crippen molar-refractivity contribution in [3.8, 4) is 0 Å². The predicted octanol–water partition coefficient (Wildman–Crippen LogP) is 7.31. The molecule has 0 radical (unpaired) electrons. The fraction of sp³-hybridized carbons (Fsp3) is 0.852. The summed E-state index contributed by atoms with van der Waals surface area (Å²) in [4.78, 5) is 0. The Kier molecular flexibility index (Phi) is 5.62. The minimum Gasteiger partial charge on any atom is -0.393 e. The average Bonchev–Trinajstić information content (AvgIpc) is 2.99. The third-order valence-electron chi connectivity index (χ3n) is 9.75. The lowest BCUT2D eigenvalue weighted by Crippen LogP contribution is -2.46. The van der Waals surface area contributed by atoms with Gasteiger partial charge in [0.15, 0.2) is 0 Å². The number of hydrogen-bond donors (Lipinski definition) is 1. The summed E-state index contributed by atoms with van der Waals surface area (Å²) in [5.41, 5.74) is 4.19. The summed E-state index contributed by atoms with van der Waals surface area (Å²) >= 11 is 0. The minimum absolute atomic E-state index is 0.106. The number of aliphatic hydroxyl groups excluding tert-OH is 1. The molecule has 4 aliphatic carbocycles. The van der Waals surface area contributed by atoms with Crippen LogP contribution in [0.4, 0.5) is 0 Å². The van der Waals surface area contributed by atoms with Gasteiger partial charge in [0.2, 0.25) is 0 Å². The number of rotatable bonds is 5. The second-order valence-electron chi connectivity index (χ2n) is 11.8. The van der Waals surface area contributed by atoms with Gasteiger partial charge < -0.3 is 5.11 Å². The third-order valence-corrected chi connectivity index (χ3v) is 9.75. The number of aliphatic hydroxyl groups is 1. The molecular formula is C27H44O. The van der Waals surface area contributed by atoms with Crippen molar-refractivity contribution in [2.75, 3.05) is 0 Å². The molecule has 0 spiro atoms. The zero-order valence-electron chi connectivity index (χ0n) is 19.1. The van der Waals surface area contributed by atoms with Crippen molar-refractivity contribution in [2.24, 2.45) is 40.4 Å². The Balaban J connectivity index is 1.53. The van der Waals surface area contributed by atoms with Crippen LogP contribution >= 0.6 is 0 Å². The maximum atomic E-state index is 10.2. The highest BCUT2D eigenvalue weighted by molar-refractivity contribution is 5.38. The van der Waals surface area contributed by atoms with E-state index in [4.69, 9.17) is 0 Å². The van der Waals surface area contributed by atoms with Gasteiger partial charge in [0.1, 0.15) is 0 Å². The number of allylic oxidation sites excluding steroid dienone is 3. The Morgan fingerprint density at radius 1 is 0.964 bits per heavy atom. The highest BCUT2D eigenvalue weighted by Crippen LogP contribution is 2.66. The molecule has 0 bridgehead atoms. The minimum atomic E-state index is -0.106. The topological polar surface area (TPSA) is 20.2 Å². The molecule has 0 amide bonds. The quantitative estimate of drug-likeness (QED) is 0.527. The van der Waals surface area contributed by atoms with E-state index in [2.05, 4.69) is 46.8 Å². The normalized spacial score (nSPS) is 43.7. The summed E-state index contributed by atoms with van der Waals surface area (Å²) in [5.74, 6) is 4.19. The lowest BCUT2D eigenvalue weighted by Gasteiger charge is -2.55. The third kappa shape index (κ3) is 3.34. The van der Waals surface area contributed by atoms with Crippen LogP contribution in [-0.2, 0) is 0 Å². The van der Waals surface area contributed by atoms with Gasteiger partial charge in [0, 0.05) is 0 Å². The Hall–Kier alpha value is -0.560. The zero-order chi connectivity index (χ0) is 20.1. The van der Waals surface area contributed by atoms with Gasteiger partial charge >= 0.3 is 0 Å². The molecule has 0 heterocycles. The van der Waals surface area contributed by atoms with E-state index in [0.717, 1.165) is 42.4 Å². The Morgan fingerprint density at radius 2 is 1.75 bits per heavy atom. The molecule has 0 saturated heterocycles. The highest BCUT2D eigenvalue weighted by atomic mass is 16.3. The van der Waals surface area contributed by atoms with Crippen LogP contribution < -0.4 is 0 Å². The van der Waals surface area contributed by atoms with Crippen molar-refractivity contribution >= 4 is 0 Å². The second-order valence-corrected chi connectivity index (χ2v) is 11.8. The molecule has 0 aromatic heterocycles. The summed E-state index contributed by atoms with van der Waals surface area (Å²) < 4.78 is 0. The van der Waals surface area contributed by atoms with Crippen LogP contribution in [0.15, 0.2) is 23.3 Å². The van der Waals surface area contributed by atoms with E-state index in [0.29, 0.717) is 10.8 Å². The van der Waals surface area contributed by atoms with E-state index in [-0.39, 0.29) is 6.10 Å². The smallest absolute Gasteiger partial charge is 0.0578 e. The first-order valence-electron chi connectivity index (χ1n) is 12.3. The molecule has 0 unspecified atom stereocenters. The highest BCUT2D eigenvalue weighted by Gasteiger charge is 2.56. The van der Waals surface area contributed by atoms with Crippen LogP contribution in [0.2, 0.25) is 0 Å². The molecular weight excluding hydrogens is 340 g/mol. The van der Waals surface area contributed by atoms with E-state index in [1.807, 2.05) is 0 Å². The molecule has 1 heteroatoms. The molecule has 28 heavy (non-hydrogen) atoms. The molecule has 158 valence electrons. The van der Waals surface area contributed by atoms with Gasteiger partial charge in [-0.1, -0.05) is 77.2 Å². The summed E-state index contributed by atoms with van der Waals surface area (Å²) in [5, 5.41) is 10.2. The SMILES string of the molecule is CC(C)CCC[C@@H](C)[C@H]1CC[C@H]2C3=CC=C4C[C@@H](O)CC[C@@]4(C)[C@H]3CC[C@]12C. The van der Waals surface area contributed by atoms with Crippen LogP contribution in [0.3, 0.4) is 0 Å². The van der Waals surface area contributed by atoms with Crippen LogP contribution in [0, 0.1) is 40.4 Å². The van der Waals surface area contributed by atoms with Crippen LogP contribution in [0.1, 0.15) is 98.8 Å².